The topological polar surface area (TPSA) is 41.1 Å². The highest BCUT2D eigenvalue weighted by Gasteiger charge is 2.51. The highest BCUT2D eigenvalue weighted by molar-refractivity contribution is 6.42. The fourth-order valence-corrected chi connectivity index (χ4v) is 6.43. The van der Waals surface area contributed by atoms with Gasteiger partial charge in [0.15, 0.2) is 0 Å². The molecule has 0 spiro atoms. The Morgan fingerprint density at radius 3 is 2.73 bits per heavy atom. The van der Waals surface area contributed by atoms with Gasteiger partial charge in [-0.25, -0.2) is 0 Å². The Balaban J connectivity index is 0.000000158. The van der Waals surface area contributed by atoms with Gasteiger partial charge < -0.3 is 10.6 Å². The van der Waals surface area contributed by atoms with Gasteiger partial charge in [0.05, 0.1) is 16.5 Å². The number of carbonyl (C=O) groups is 1. The molecule has 2 N–H and O–H groups in total. The Morgan fingerprint density at radius 1 is 1.12 bits per heavy atom. The maximum absolute atomic E-state index is 11.5. The number of benzene rings is 2. The normalized spacial score (nSPS) is 25.4. The Kier molecular flexibility index (Phi) is 8.04. The Labute approximate surface area is 208 Å². The molecule has 178 valence electrons. The Bertz CT molecular complexity index is 972. The summed E-state index contributed by atoms with van der Waals surface area (Å²) in [4.78, 5) is 11.5. The van der Waals surface area contributed by atoms with Gasteiger partial charge >= 0.3 is 0 Å². The second-order valence-corrected chi connectivity index (χ2v) is 11.1. The van der Waals surface area contributed by atoms with Crippen molar-refractivity contribution in [1.82, 2.24) is 10.6 Å². The number of nitrogens with one attached hydrogen (secondary N) is 2. The molecular formula is C28H36Cl2N2O. The predicted molar refractivity (Wildman–Crippen MR) is 138 cm³/mol. The minimum Gasteiger partial charge on any atom is -0.356 e. The van der Waals surface area contributed by atoms with Gasteiger partial charge in [-0.3, -0.25) is 4.79 Å². The number of fused-ring (bicyclic) bond motifs is 1. The minimum atomic E-state index is 0.00656. The van der Waals surface area contributed by atoms with Gasteiger partial charge in [-0.05, 0) is 72.9 Å². The lowest BCUT2D eigenvalue weighted by atomic mass is 9.53. The van der Waals surface area contributed by atoms with Crippen molar-refractivity contribution >= 4 is 29.1 Å². The summed E-state index contributed by atoms with van der Waals surface area (Å²) < 4.78 is 0. The lowest BCUT2D eigenvalue weighted by molar-refractivity contribution is -0.120. The van der Waals surface area contributed by atoms with Crippen molar-refractivity contribution in [2.24, 2.45) is 11.8 Å². The van der Waals surface area contributed by atoms with E-state index in [4.69, 9.17) is 23.2 Å². The third kappa shape index (κ3) is 5.58. The van der Waals surface area contributed by atoms with Crippen LogP contribution in [0.2, 0.25) is 10.0 Å². The minimum absolute atomic E-state index is 0.00656. The molecule has 2 aliphatic carbocycles. The van der Waals surface area contributed by atoms with E-state index in [0.717, 1.165) is 17.5 Å². The molecule has 2 fully saturated rings. The zero-order valence-electron chi connectivity index (χ0n) is 19.8. The fraction of sp³-hybridized carbons (Fsp3) is 0.536. The third-order valence-electron chi connectivity index (χ3n) is 7.61. The lowest BCUT2D eigenvalue weighted by Gasteiger charge is -2.56. The van der Waals surface area contributed by atoms with Crippen molar-refractivity contribution in [3.05, 3.63) is 69.2 Å². The van der Waals surface area contributed by atoms with E-state index >= 15 is 0 Å². The first-order valence-corrected chi connectivity index (χ1v) is 13.2. The van der Waals surface area contributed by atoms with Crippen molar-refractivity contribution in [2.75, 3.05) is 13.1 Å². The Hall–Kier alpha value is -1.55. The summed E-state index contributed by atoms with van der Waals surface area (Å²) in [6.07, 6.45) is 8.75. The van der Waals surface area contributed by atoms with Crippen molar-refractivity contribution < 1.29 is 4.79 Å². The van der Waals surface area contributed by atoms with Crippen LogP contribution < -0.4 is 10.6 Å². The van der Waals surface area contributed by atoms with Gasteiger partial charge in [-0.1, -0.05) is 80.2 Å². The van der Waals surface area contributed by atoms with Gasteiger partial charge in [-0.15, -0.1) is 0 Å². The second-order valence-electron chi connectivity index (χ2n) is 10.3. The van der Waals surface area contributed by atoms with E-state index in [1.165, 1.54) is 45.1 Å². The van der Waals surface area contributed by atoms with Crippen LogP contribution >= 0.6 is 23.2 Å². The molecule has 5 rings (SSSR count). The van der Waals surface area contributed by atoms with E-state index in [1.807, 2.05) is 6.07 Å². The van der Waals surface area contributed by atoms with Gasteiger partial charge in [0, 0.05) is 18.0 Å². The quantitative estimate of drug-likeness (QED) is 0.528. The van der Waals surface area contributed by atoms with E-state index in [1.54, 1.807) is 23.3 Å². The van der Waals surface area contributed by atoms with Crippen LogP contribution in [-0.4, -0.2) is 25.0 Å². The fourth-order valence-electron chi connectivity index (χ4n) is 6.11. The van der Waals surface area contributed by atoms with E-state index in [9.17, 15) is 4.79 Å². The number of rotatable bonds is 4. The first-order valence-electron chi connectivity index (χ1n) is 12.4. The van der Waals surface area contributed by atoms with Gasteiger partial charge in [0.2, 0.25) is 5.91 Å². The molecule has 0 radical (unpaired) electrons. The molecule has 5 heteroatoms. The molecular weight excluding hydrogens is 451 g/mol. The first-order chi connectivity index (χ1) is 15.9. The monoisotopic (exact) mass is 486 g/mol. The molecule has 1 saturated carbocycles. The molecule has 3 atom stereocenters. The zero-order valence-corrected chi connectivity index (χ0v) is 21.3. The van der Waals surface area contributed by atoms with Crippen molar-refractivity contribution in [3.8, 4) is 0 Å². The number of carbonyl (C=O) groups excluding carboxylic acids is 1. The lowest BCUT2D eigenvalue weighted by Crippen LogP contribution is -2.59. The standard InChI is InChI=1S/C16H21N.C12H15Cl2NO/c1-2-6-13-12(5-1)11-15-14-7-3-4-8-16(13,14)9-10-17-15;1-8(2)7-15-12(16)6-9-3-4-10(13)11(14)5-9/h1-2,5-6,14-15,17H,3-4,7-11H2;3-5,8H,6-7H2,1-2H3,(H,15,16)/t14-,15+,16-;/m0./s1. The van der Waals surface area contributed by atoms with Crippen LogP contribution in [0.25, 0.3) is 0 Å². The van der Waals surface area contributed by atoms with Crippen LogP contribution in [0.15, 0.2) is 42.5 Å². The van der Waals surface area contributed by atoms with Gasteiger partial charge in [-0.2, -0.15) is 0 Å². The smallest absolute Gasteiger partial charge is 0.224 e. The molecule has 1 heterocycles. The molecule has 0 aromatic heterocycles. The predicted octanol–water partition coefficient (Wildman–Crippen LogP) is 6.34. The summed E-state index contributed by atoms with van der Waals surface area (Å²) in [7, 11) is 0. The first kappa shape index (κ1) is 24.6. The molecule has 2 aromatic carbocycles. The number of hydrogen-bond donors (Lipinski definition) is 2. The van der Waals surface area contributed by atoms with Crippen LogP contribution in [-0.2, 0) is 23.1 Å². The number of amides is 1. The van der Waals surface area contributed by atoms with Crippen LogP contribution in [0, 0.1) is 11.8 Å². The van der Waals surface area contributed by atoms with Crippen molar-refractivity contribution in [1.29, 1.82) is 0 Å². The highest BCUT2D eigenvalue weighted by atomic mass is 35.5. The summed E-state index contributed by atoms with van der Waals surface area (Å²) in [6.45, 7) is 6.04. The molecule has 2 aromatic rings. The summed E-state index contributed by atoms with van der Waals surface area (Å²) >= 11 is 11.6. The number of hydrogen-bond acceptors (Lipinski definition) is 2. The zero-order chi connectivity index (χ0) is 23.4. The van der Waals surface area contributed by atoms with Crippen molar-refractivity contribution in [3.63, 3.8) is 0 Å². The van der Waals surface area contributed by atoms with Crippen LogP contribution in [0.1, 0.15) is 62.6 Å². The third-order valence-corrected chi connectivity index (χ3v) is 8.35. The molecule has 33 heavy (non-hydrogen) atoms. The van der Waals surface area contributed by atoms with Crippen LogP contribution in [0.4, 0.5) is 0 Å². The molecule has 2 bridgehead atoms. The molecule has 1 aliphatic heterocycles. The Morgan fingerprint density at radius 2 is 1.94 bits per heavy atom. The average molecular weight is 488 g/mol. The van der Waals surface area contributed by atoms with E-state index in [2.05, 4.69) is 48.7 Å². The maximum Gasteiger partial charge on any atom is 0.224 e. The molecule has 0 unspecified atom stereocenters. The van der Waals surface area contributed by atoms with Gasteiger partial charge in [0.1, 0.15) is 0 Å². The number of piperidine rings is 1. The summed E-state index contributed by atoms with van der Waals surface area (Å²) in [5.74, 6) is 1.38. The van der Waals surface area contributed by atoms with E-state index in [0.29, 0.717) is 34.3 Å². The maximum atomic E-state index is 11.5. The van der Waals surface area contributed by atoms with E-state index in [-0.39, 0.29) is 5.91 Å². The molecule has 3 aliphatic rings. The van der Waals surface area contributed by atoms with Crippen LogP contribution in [0.3, 0.4) is 0 Å². The number of halogens is 2. The molecule has 1 amide bonds. The van der Waals surface area contributed by atoms with Crippen LogP contribution in [0.5, 0.6) is 0 Å². The molecule has 1 saturated heterocycles. The van der Waals surface area contributed by atoms with Gasteiger partial charge in [0.25, 0.3) is 0 Å². The average Bonchev–Trinajstić information content (AvgIpc) is 2.80. The molecule has 3 nitrogen and oxygen atoms in total. The summed E-state index contributed by atoms with van der Waals surface area (Å²) in [6, 6.07) is 15.3. The van der Waals surface area contributed by atoms with E-state index < -0.39 is 0 Å². The SMILES string of the molecule is CC(C)CNC(=O)Cc1ccc(Cl)c(Cl)c1.c1ccc2c(c1)C[C@H]1NCC[C@@]23CCCC[C@@H]13. The highest BCUT2D eigenvalue weighted by Crippen LogP contribution is 2.53. The van der Waals surface area contributed by atoms with Crippen molar-refractivity contribution in [2.45, 2.75) is 70.3 Å². The largest absolute Gasteiger partial charge is 0.356 e. The summed E-state index contributed by atoms with van der Waals surface area (Å²) in [5.41, 5.74) is 4.75. The second kappa shape index (κ2) is 10.8. The summed E-state index contributed by atoms with van der Waals surface area (Å²) in [5, 5.41) is 7.62.